The van der Waals surface area contributed by atoms with Gasteiger partial charge in [-0.1, -0.05) is 6.08 Å². The summed E-state index contributed by atoms with van der Waals surface area (Å²) in [5, 5.41) is 29.1. The molecule has 5 heteroatoms. The minimum absolute atomic E-state index is 0.0297. The summed E-state index contributed by atoms with van der Waals surface area (Å²) in [6, 6.07) is 3.09. The zero-order valence-electron chi connectivity index (χ0n) is 9.24. The molecule has 0 fully saturated rings. The van der Waals surface area contributed by atoms with E-state index in [0.717, 1.165) is 0 Å². The van der Waals surface area contributed by atoms with Crippen LogP contribution in [-0.4, -0.2) is 38.2 Å². The van der Waals surface area contributed by atoms with E-state index >= 15 is 0 Å². The Hall–Kier alpha value is -1.72. The minimum Gasteiger partial charge on any atom is -0.506 e. The Morgan fingerprint density at radius 2 is 2.24 bits per heavy atom. The summed E-state index contributed by atoms with van der Waals surface area (Å²) in [6.07, 6.45) is 5.32. The second kappa shape index (κ2) is 4.65. The van der Waals surface area contributed by atoms with E-state index in [1.807, 2.05) is 0 Å². The molecule has 2 heterocycles. The molecule has 3 N–H and O–H groups in total. The number of nitrogens with zero attached hydrogens (tertiary/aromatic N) is 2. The highest BCUT2D eigenvalue weighted by molar-refractivity contribution is 6.07. The molecule has 1 aromatic heterocycles. The third-order valence-corrected chi connectivity index (χ3v) is 2.74. The Morgan fingerprint density at radius 1 is 1.41 bits per heavy atom. The zero-order valence-corrected chi connectivity index (χ0v) is 9.24. The molecular weight excluding hydrogens is 220 g/mol. The SMILES string of the molecule is OCCC1(O)CC=CN=C1c1ncccc1O. The molecule has 0 amide bonds. The van der Waals surface area contributed by atoms with Gasteiger partial charge in [0.25, 0.3) is 0 Å². The van der Waals surface area contributed by atoms with E-state index < -0.39 is 5.60 Å². The third kappa shape index (κ3) is 2.20. The monoisotopic (exact) mass is 234 g/mol. The van der Waals surface area contributed by atoms with E-state index in [1.54, 1.807) is 18.3 Å². The fourth-order valence-corrected chi connectivity index (χ4v) is 1.86. The van der Waals surface area contributed by atoms with Crippen LogP contribution < -0.4 is 0 Å². The number of rotatable bonds is 3. The Labute approximate surface area is 98.8 Å². The summed E-state index contributed by atoms with van der Waals surface area (Å²) in [5.41, 5.74) is -0.713. The first-order valence-electron chi connectivity index (χ1n) is 5.38. The second-order valence-electron chi connectivity index (χ2n) is 3.94. The minimum atomic E-state index is -1.27. The number of aromatic hydroxyl groups is 1. The molecule has 0 aromatic carbocycles. The van der Waals surface area contributed by atoms with Gasteiger partial charge in [0.15, 0.2) is 0 Å². The summed E-state index contributed by atoms with van der Waals surface area (Å²) in [4.78, 5) is 8.11. The normalized spacial score (nSPS) is 23.5. The summed E-state index contributed by atoms with van der Waals surface area (Å²) < 4.78 is 0. The molecule has 0 radical (unpaired) electrons. The molecule has 90 valence electrons. The van der Waals surface area contributed by atoms with Gasteiger partial charge in [0, 0.05) is 31.8 Å². The van der Waals surface area contributed by atoms with Crippen molar-refractivity contribution in [1.82, 2.24) is 4.98 Å². The van der Waals surface area contributed by atoms with E-state index in [0.29, 0.717) is 12.1 Å². The average Bonchev–Trinajstić information content (AvgIpc) is 2.31. The maximum atomic E-state index is 10.4. The van der Waals surface area contributed by atoms with Gasteiger partial charge >= 0.3 is 0 Å². The molecule has 1 atom stereocenters. The largest absolute Gasteiger partial charge is 0.506 e. The highest BCUT2D eigenvalue weighted by Crippen LogP contribution is 2.28. The molecular formula is C12H14N2O3. The smallest absolute Gasteiger partial charge is 0.143 e. The fraction of sp³-hybridized carbons (Fsp3) is 0.333. The van der Waals surface area contributed by atoms with Gasteiger partial charge in [0.1, 0.15) is 22.8 Å². The predicted molar refractivity (Wildman–Crippen MR) is 62.8 cm³/mol. The van der Waals surface area contributed by atoms with Crippen LogP contribution in [0.2, 0.25) is 0 Å². The quantitative estimate of drug-likeness (QED) is 0.715. The first-order valence-corrected chi connectivity index (χ1v) is 5.38. The lowest BCUT2D eigenvalue weighted by molar-refractivity contribution is 0.0811. The number of aromatic nitrogens is 1. The van der Waals surface area contributed by atoms with E-state index in [-0.39, 0.29) is 24.5 Å². The summed E-state index contributed by atoms with van der Waals surface area (Å²) in [6.45, 7) is -0.156. The highest BCUT2D eigenvalue weighted by Gasteiger charge is 2.36. The second-order valence-corrected chi connectivity index (χ2v) is 3.94. The Kier molecular flexibility index (Phi) is 3.21. The van der Waals surface area contributed by atoms with Crippen LogP contribution in [0.15, 0.2) is 35.6 Å². The molecule has 2 rings (SSSR count). The number of aliphatic hydroxyl groups excluding tert-OH is 1. The number of aliphatic hydroxyl groups is 2. The van der Waals surface area contributed by atoms with Gasteiger partial charge in [-0.2, -0.15) is 0 Å². The Morgan fingerprint density at radius 3 is 2.94 bits per heavy atom. The molecule has 1 aliphatic heterocycles. The van der Waals surface area contributed by atoms with Crippen molar-refractivity contribution in [1.29, 1.82) is 0 Å². The molecule has 5 nitrogen and oxygen atoms in total. The molecule has 0 aliphatic carbocycles. The lowest BCUT2D eigenvalue weighted by atomic mass is 9.86. The number of aliphatic imine (C=N–C) groups is 1. The van der Waals surface area contributed by atoms with Crippen molar-refractivity contribution in [3.8, 4) is 5.75 Å². The zero-order chi connectivity index (χ0) is 12.3. The average molecular weight is 234 g/mol. The topological polar surface area (TPSA) is 85.9 Å². The molecule has 1 aliphatic rings. The molecule has 0 bridgehead atoms. The van der Waals surface area contributed by atoms with Crippen LogP contribution in [0.4, 0.5) is 0 Å². The van der Waals surface area contributed by atoms with Crippen LogP contribution >= 0.6 is 0 Å². The summed E-state index contributed by atoms with van der Waals surface area (Å²) in [5.74, 6) is -0.0297. The van der Waals surface area contributed by atoms with Gasteiger partial charge in [-0.3, -0.25) is 9.98 Å². The maximum absolute atomic E-state index is 10.4. The lowest BCUT2D eigenvalue weighted by Gasteiger charge is -2.29. The van der Waals surface area contributed by atoms with Crippen LogP contribution in [0.3, 0.4) is 0 Å². The first kappa shape index (κ1) is 11.8. The summed E-state index contributed by atoms with van der Waals surface area (Å²) >= 11 is 0. The molecule has 1 aromatic rings. The molecule has 1 unspecified atom stereocenters. The standard InChI is InChI=1S/C12H14N2O3/c15-8-5-12(17)4-2-7-14-11(12)10-9(16)3-1-6-13-10/h1-3,6-7,15-17H,4-5,8H2. The van der Waals surface area contributed by atoms with Crippen molar-refractivity contribution in [3.05, 3.63) is 36.3 Å². The van der Waals surface area contributed by atoms with Crippen LogP contribution in [0.1, 0.15) is 18.5 Å². The molecule has 0 spiro atoms. The molecule has 0 saturated carbocycles. The molecule has 17 heavy (non-hydrogen) atoms. The third-order valence-electron chi connectivity index (χ3n) is 2.74. The Balaban J connectivity index is 2.45. The van der Waals surface area contributed by atoms with Crippen LogP contribution in [0, 0.1) is 0 Å². The van der Waals surface area contributed by atoms with Crippen molar-refractivity contribution < 1.29 is 15.3 Å². The number of pyridine rings is 1. The van der Waals surface area contributed by atoms with Crippen molar-refractivity contribution in [2.24, 2.45) is 4.99 Å². The van der Waals surface area contributed by atoms with Crippen molar-refractivity contribution in [2.45, 2.75) is 18.4 Å². The van der Waals surface area contributed by atoms with E-state index in [2.05, 4.69) is 9.98 Å². The van der Waals surface area contributed by atoms with Gasteiger partial charge in [0.05, 0.1) is 0 Å². The first-order chi connectivity index (χ1) is 8.17. The van der Waals surface area contributed by atoms with Crippen molar-refractivity contribution >= 4 is 5.71 Å². The fourth-order valence-electron chi connectivity index (χ4n) is 1.86. The van der Waals surface area contributed by atoms with E-state index in [9.17, 15) is 10.2 Å². The summed E-state index contributed by atoms with van der Waals surface area (Å²) in [7, 11) is 0. The van der Waals surface area contributed by atoms with Crippen LogP contribution in [-0.2, 0) is 0 Å². The van der Waals surface area contributed by atoms with Gasteiger partial charge < -0.3 is 15.3 Å². The predicted octanol–water partition coefficient (Wildman–Crippen LogP) is 0.607. The Bertz CT molecular complexity index is 471. The van der Waals surface area contributed by atoms with Crippen LogP contribution in [0.5, 0.6) is 5.75 Å². The van der Waals surface area contributed by atoms with Crippen molar-refractivity contribution in [2.75, 3.05) is 6.61 Å². The molecule has 0 saturated heterocycles. The highest BCUT2D eigenvalue weighted by atomic mass is 16.3. The lowest BCUT2D eigenvalue weighted by Crippen LogP contribution is -2.41. The van der Waals surface area contributed by atoms with E-state index in [1.165, 1.54) is 12.3 Å². The van der Waals surface area contributed by atoms with Crippen molar-refractivity contribution in [3.63, 3.8) is 0 Å². The number of hydrogen-bond donors (Lipinski definition) is 3. The van der Waals surface area contributed by atoms with Gasteiger partial charge in [-0.25, -0.2) is 0 Å². The number of hydrogen-bond acceptors (Lipinski definition) is 5. The van der Waals surface area contributed by atoms with Gasteiger partial charge in [-0.05, 0) is 12.1 Å². The maximum Gasteiger partial charge on any atom is 0.143 e. The van der Waals surface area contributed by atoms with Gasteiger partial charge in [0.2, 0.25) is 0 Å². The van der Waals surface area contributed by atoms with Gasteiger partial charge in [-0.15, -0.1) is 0 Å². The van der Waals surface area contributed by atoms with Crippen LogP contribution in [0.25, 0.3) is 0 Å². The van der Waals surface area contributed by atoms with E-state index in [4.69, 9.17) is 5.11 Å².